The van der Waals surface area contributed by atoms with E-state index in [0.29, 0.717) is 28.1 Å². The maximum absolute atomic E-state index is 12.1. The molecule has 144 valence electrons. The first kappa shape index (κ1) is 19.4. The van der Waals surface area contributed by atoms with Crippen LogP contribution in [0.5, 0.6) is 5.75 Å². The van der Waals surface area contributed by atoms with Crippen LogP contribution in [0, 0.1) is 0 Å². The maximum atomic E-state index is 12.1. The van der Waals surface area contributed by atoms with Gasteiger partial charge in [0.15, 0.2) is 5.82 Å². The van der Waals surface area contributed by atoms with Gasteiger partial charge in [0.2, 0.25) is 17.0 Å². The fourth-order valence-electron chi connectivity index (χ4n) is 2.42. The van der Waals surface area contributed by atoms with E-state index in [9.17, 15) is 9.59 Å². The van der Waals surface area contributed by atoms with E-state index in [1.807, 2.05) is 12.1 Å². The second-order valence-electron chi connectivity index (χ2n) is 5.80. The summed E-state index contributed by atoms with van der Waals surface area (Å²) in [5.74, 6) is 1.08. The van der Waals surface area contributed by atoms with Gasteiger partial charge in [-0.15, -0.1) is 5.10 Å². The number of aromatic amines is 1. The van der Waals surface area contributed by atoms with Crippen LogP contribution in [0.15, 0.2) is 53.7 Å². The number of carbonyl (C=O) groups is 2. The summed E-state index contributed by atoms with van der Waals surface area (Å²) >= 11 is 1.22. The molecule has 3 aromatic rings. The second kappa shape index (κ2) is 9.05. The first-order valence-corrected chi connectivity index (χ1v) is 9.39. The number of hydrogen-bond acceptors (Lipinski definition) is 6. The Kier molecular flexibility index (Phi) is 6.28. The number of benzene rings is 2. The third kappa shape index (κ3) is 5.34. The summed E-state index contributed by atoms with van der Waals surface area (Å²) in [5.41, 5.74) is 2.12. The minimum atomic E-state index is -0.169. The zero-order chi connectivity index (χ0) is 19.9. The van der Waals surface area contributed by atoms with Crippen molar-refractivity contribution < 1.29 is 14.3 Å². The van der Waals surface area contributed by atoms with Gasteiger partial charge in [-0.25, -0.2) is 4.98 Å². The summed E-state index contributed by atoms with van der Waals surface area (Å²) < 4.78 is 5.14. The van der Waals surface area contributed by atoms with Crippen molar-refractivity contribution in [3.63, 3.8) is 0 Å². The molecule has 1 aromatic heterocycles. The Hall–Kier alpha value is -3.33. The molecule has 0 atom stereocenters. The number of aromatic nitrogens is 3. The molecular formula is C19H19N5O3S. The van der Waals surface area contributed by atoms with Gasteiger partial charge < -0.3 is 15.4 Å². The lowest BCUT2D eigenvalue weighted by Gasteiger charge is -2.06. The molecule has 0 spiro atoms. The Morgan fingerprint density at radius 2 is 1.86 bits per heavy atom. The number of ether oxygens (including phenoxy) is 1. The van der Waals surface area contributed by atoms with Crippen LogP contribution in [0.3, 0.4) is 0 Å². The highest BCUT2D eigenvalue weighted by Crippen LogP contribution is 2.22. The molecule has 3 N–H and O–H groups in total. The fourth-order valence-corrected chi connectivity index (χ4v) is 3.01. The molecule has 0 aliphatic heterocycles. The van der Waals surface area contributed by atoms with Crippen molar-refractivity contribution in [2.45, 2.75) is 12.1 Å². The smallest absolute Gasteiger partial charge is 0.234 e. The Labute approximate surface area is 166 Å². The Morgan fingerprint density at radius 3 is 2.61 bits per heavy atom. The predicted octanol–water partition coefficient (Wildman–Crippen LogP) is 3.17. The van der Waals surface area contributed by atoms with E-state index in [4.69, 9.17) is 4.74 Å². The average molecular weight is 397 g/mol. The minimum absolute atomic E-state index is 0.145. The van der Waals surface area contributed by atoms with Gasteiger partial charge in [-0.1, -0.05) is 30.0 Å². The molecule has 0 aliphatic rings. The molecule has 0 aliphatic carbocycles. The normalized spacial score (nSPS) is 10.4. The van der Waals surface area contributed by atoms with Crippen molar-refractivity contribution in [3.8, 4) is 17.1 Å². The topological polar surface area (TPSA) is 109 Å². The lowest BCUT2D eigenvalue weighted by atomic mass is 10.2. The molecule has 2 amide bonds. The Bertz CT molecular complexity index is 989. The predicted molar refractivity (Wildman–Crippen MR) is 108 cm³/mol. The van der Waals surface area contributed by atoms with Gasteiger partial charge in [0.1, 0.15) is 5.75 Å². The van der Waals surface area contributed by atoms with Crippen molar-refractivity contribution in [1.29, 1.82) is 0 Å². The van der Waals surface area contributed by atoms with Gasteiger partial charge in [-0.2, -0.15) is 0 Å². The Balaban J connectivity index is 1.58. The number of rotatable bonds is 7. The van der Waals surface area contributed by atoms with Crippen LogP contribution in [0.2, 0.25) is 0 Å². The van der Waals surface area contributed by atoms with E-state index in [1.54, 1.807) is 43.5 Å². The molecular weight excluding hydrogens is 378 g/mol. The molecule has 8 nitrogen and oxygen atoms in total. The molecule has 0 bridgehead atoms. The number of carbonyl (C=O) groups excluding carboxylic acids is 2. The number of thioether (sulfide) groups is 1. The standard InChI is InChI=1S/C19H19N5O3S/c1-12(25)20-14-6-3-5-13(9-14)18-22-19(24-23-18)28-11-17(26)21-15-7-4-8-16(10-15)27-2/h3-10H,11H2,1-2H3,(H,20,25)(H,21,26)(H,22,23,24). The molecule has 1 heterocycles. The molecule has 0 saturated carbocycles. The third-order valence-corrected chi connectivity index (χ3v) is 4.45. The second-order valence-corrected chi connectivity index (χ2v) is 6.74. The van der Waals surface area contributed by atoms with E-state index in [2.05, 4.69) is 25.8 Å². The van der Waals surface area contributed by atoms with Crippen LogP contribution >= 0.6 is 11.8 Å². The van der Waals surface area contributed by atoms with Gasteiger partial charge in [-0.3, -0.25) is 14.7 Å². The van der Waals surface area contributed by atoms with Crippen molar-refractivity contribution in [1.82, 2.24) is 15.2 Å². The van der Waals surface area contributed by atoms with E-state index in [1.165, 1.54) is 18.7 Å². The van der Waals surface area contributed by atoms with Crippen molar-refractivity contribution in [2.24, 2.45) is 0 Å². The lowest BCUT2D eigenvalue weighted by Crippen LogP contribution is -2.14. The number of hydrogen-bond donors (Lipinski definition) is 3. The highest BCUT2D eigenvalue weighted by atomic mass is 32.2. The first-order chi connectivity index (χ1) is 13.5. The number of nitrogens with zero attached hydrogens (tertiary/aromatic N) is 2. The van der Waals surface area contributed by atoms with E-state index in [0.717, 1.165) is 5.56 Å². The average Bonchev–Trinajstić information content (AvgIpc) is 3.15. The van der Waals surface area contributed by atoms with Gasteiger partial charge in [0, 0.05) is 29.9 Å². The van der Waals surface area contributed by atoms with Crippen LogP contribution < -0.4 is 15.4 Å². The summed E-state index contributed by atoms with van der Waals surface area (Å²) in [6.07, 6.45) is 0. The molecule has 2 aromatic carbocycles. The van der Waals surface area contributed by atoms with Crippen LogP contribution in [0.1, 0.15) is 6.92 Å². The van der Waals surface area contributed by atoms with Crippen LogP contribution in [-0.4, -0.2) is 39.9 Å². The van der Waals surface area contributed by atoms with Crippen molar-refractivity contribution >= 4 is 35.0 Å². The molecule has 0 fully saturated rings. The molecule has 0 radical (unpaired) electrons. The van der Waals surface area contributed by atoms with Gasteiger partial charge in [-0.05, 0) is 24.3 Å². The van der Waals surface area contributed by atoms with Gasteiger partial charge in [0.05, 0.1) is 12.9 Å². The van der Waals surface area contributed by atoms with Crippen LogP contribution in [0.4, 0.5) is 11.4 Å². The largest absolute Gasteiger partial charge is 0.497 e. The quantitative estimate of drug-likeness (QED) is 0.529. The lowest BCUT2D eigenvalue weighted by molar-refractivity contribution is -0.114. The molecule has 9 heteroatoms. The number of H-pyrrole nitrogens is 1. The molecule has 0 unspecified atom stereocenters. The Morgan fingerprint density at radius 1 is 1.11 bits per heavy atom. The highest BCUT2D eigenvalue weighted by Gasteiger charge is 2.10. The van der Waals surface area contributed by atoms with E-state index < -0.39 is 0 Å². The fraction of sp³-hybridized carbons (Fsp3) is 0.158. The molecule has 0 saturated heterocycles. The SMILES string of the molecule is COc1cccc(NC(=O)CSc2n[nH]c(-c3cccc(NC(C)=O)c3)n2)c1. The number of nitrogens with one attached hydrogen (secondary N) is 3. The number of methoxy groups -OCH3 is 1. The first-order valence-electron chi connectivity index (χ1n) is 8.40. The molecule has 3 rings (SSSR count). The minimum Gasteiger partial charge on any atom is -0.497 e. The van der Waals surface area contributed by atoms with Crippen molar-refractivity contribution in [2.75, 3.05) is 23.5 Å². The monoisotopic (exact) mass is 397 g/mol. The van der Waals surface area contributed by atoms with Gasteiger partial charge >= 0.3 is 0 Å². The van der Waals surface area contributed by atoms with Crippen LogP contribution in [-0.2, 0) is 9.59 Å². The van der Waals surface area contributed by atoms with E-state index in [-0.39, 0.29) is 17.6 Å². The van der Waals surface area contributed by atoms with Gasteiger partial charge in [0.25, 0.3) is 0 Å². The van der Waals surface area contributed by atoms with E-state index >= 15 is 0 Å². The maximum Gasteiger partial charge on any atom is 0.234 e. The summed E-state index contributed by atoms with van der Waals surface area (Å²) in [4.78, 5) is 27.7. The summed E-state index contributed by atoms with van der Waals surface area (Å²) in [5, 5.41) is 13.0. The third-order valence-electron chi connectivity index (χ3n) is 3.61. The van der Waals surface area contributed by atoms with Crippen LogP contribution in [0.25, 0.3) is 11.4 Å². The highest BCUT2D eigenvalue weighted by molar-refractivity contribution is 7.99. The molecule has 28 heavy (non-hydrogen) atoms. The summed E-state index contributed by atoms with van der Waals surface area (Å²) in [7, 11) is 1.57. The zero-order valence-corrected chi connectivity index (χ0v) is 16.2. The number of anilines is 2. The summed E-state index contributed by atoms with van der Waals surface area (Å²) in [6, 6.07) is 14.4. The zero-order valence-electron chi connectivity index (χ0n) is 15.4. The summed E-state index contributed by atoms with van der Waals surface area (Å²) in [6.45, 7) is 1.45. The van der Waals surface area contributed by atoms with Crippen molar-refractivity contribution in [3.05, 3.63) is 48.5 Å². The number of amides is 2.